The molecular weight excluding hydrogens is 236 g/mol. The summed E-state index contributed by atoms with van der Waals surface area (Å²) in [5, 5.41) is 8.65. The molecule has 19 heavy (non-hydrogen) atoms. The summed E-state index contributed by atoms with van der Waals surface area (Å²) in [4.78, 5) is 14.1. The van der Waals surface area contributed by atoms with E-state index in [4.69, 9.17) is 5.26 Å². The van der Waals surface area contributed by atoms with Crippen molar-refractivity contribution in [1.29, 1.82) is 5.26 Å². The molecule has 0 saturated heterocycles. The molecule has 3 nitrogen and oxygen atoms in total. The third-order valence-corrected chi connectivity index (χ3v) is 3.52. The monoisotopic (exact) mass is 256 g/mol. The van der Waals surface area contributed by atoms with Gasteiger partial charge in [-0.15, -0.1) is 0 Å². The zero-order valence-electron chi connectivity index (χ0n) is 11.4. The molecule has 1 saturated carbocycles. The van der Waals surface area contributed by atoms with Gasteiger partial charge in [-0.1, -0.05) is 29.8 Å². The Morgan fingerprint density at radius 2 is 2.05 bits per heavy atom. The minimum Gasteiger partial charge on any atom is -0.339 e. The Morgan fingerprint density at radius 3 is 2.63 bits per heavy atom. The second kappa shape index (κ2) is 6.38. The zero-order valence-corrected chi connectivity index (χ0v) is 11.4. The van der Waals surface area contributed by atoms with E-state index in [1.165, 1.54) is 11.1 Å². The summed E-state index contributed by atoms with van der Waals surface area (Å²) in [6, 6.07) is 10.8. The van der Waals surface area contributed by atoms with Crippen LogP contribution in [-0.2, 0) is 11.2 Å². The molecule has 3 heteroatoms. The van der Waals surface area contributed by atoms with Crippen LogP contribution in [0.2, 0.25) is 0 Å². The van der Waals surface area contributed by atoms with Gasteiger partial charge in [0.25, 0.3) is 0 Å². The van der Waals surface area contributed by atoms with E-state index in [1.807, 2.05) is 4.90 Å². The van der Waals surface area contributed by atoms with Crippen LogP contribution in [0.4, 0.5) is 0 Å². The third-order valence-electron chi connectivity index (χ3n) is 3.52. The van der Waals surface area contributed by atoms with Gasteiger partial charge in [0.05, 0.1) is 12.5 Å². The van der Waals surface area contributed by atoms with Gasteiger partial charge in [0.2, 0.25) is 5.91 Å². The summed E-state index contributed by atoms with van der Waals surface area (Å²) < 4.78 is 0. The molecule has 100 valence electrons. The summed E-state index contributed by atoms with van der Waals surface area (Å²) in [7, 11) is 0. The number of hydrogen-bond donors (Lipinski definition) is 0. The van der Waals surface area contributed by atoms with Crippen LogP contribution >= 0.6 is 0 Å². The fourth-order valence-corrected chi connectivity index (χ4v) is 2.22. The topological polar surface area (TPSA) is 44.1 Å². The number of rotatable bonds is 6. The average Bonchev–Trinajstić information content (AvgIpc) is 3.23. The van der Waals surface area contributed by atoms with Gasteiger partial charge in [-0.05, 0) is 31.7 Å². The molecule has 1 aliphatic carbocycles. The SMILES string of the molecule is Cc1ccc(CCC(=O)N(CCC#N)C2CC2)cc1. The Kier molecular flexibility index (Phi) is 4.57. The first kappa shape index (κ1) is 13.6. The van der Waals surface area contributed by atoms with Crippen LogP contribution in [0.25, 0.3) is 0 Å². The highest BCUT2D eigenvalue weighted by atomic mass is 16.2. The van der Waals surface area contributed by atoms with Crippen molar-refractivity contribution in [2.24, 2.45) is 0 Å². The van der Waals surface area contributed by atoms with Crippen LogP contribution in [0.3, 0.4) is 0 Å². The Morgan fingerprint density at radius 1 is 1.37 bits per heavy atom. The molecule has 1 fully saturated rings. The summed E-state index contributed by atoms with van der Waals surface area (Å²) in [5.74, 6) is 0.193. The molecule has 0 aliphatic heterocycles. The second-order valence-corrected chi connectivity index (χ2v) is 5.21. The van der Waals surface area contributed by atoms with Crippen LogP contribution in [0.5, 0.6) is 0 Å². The summed E-state index contributed by atoms with van der Waals surface area (Å²) in [5.41, 5.74) is 2.44. The first-order valence-electron chi connectivity index (χ1n) is 6.92. The number of aryl methyl sites for hydroxylation is 2. The van der Waals surface area contributed by atoms with Crippen LogP contribution in [0, 0.1) is 18.3 Å². The average molecular weight is 256 g/mol. The van der Waals surface area contributed by atoms with E-state index in [1.54, 1.807) is 0 Å². The zero-order chi connectivity index (χ0) is 13.7. The molecule has 0 spiro atoms. The maximum absolute atomic E-state index is 12.2. The van der Waals surface area contributed by atoms with Gasteiger partial charge >= 0.3 is 0 Å². The van der Waals surface area contributed by atoms with E-state index in [2.05, 4.69) is 37.3 Å². The molecule has 0 atom stereocenters. The number of benzene rings is 1. The van der Waals surface area contributed by atoms with Crippen molar-refractivity contribution in [3.8, 4) is 6.07 Å². The standard InChI is InChI=1S/C16H20N2O/c1-13-3-5-14(6-4-13)7-10-16(19)18(12-2-11-17)15-8-9-15/h3-6,15H,2,7-10,12H2,1H3. The lowest BCUT2D eigenvalue weighted by Gasteiger charge is -2.21. The molecule has 1 amide bonds. The molecule has 0 unspecified atom stereocenters. The van der Waals surface area contributed by atoms with Crippen molar-refractivity contribution < 1.29 is 4.79 Å². The van der Waals surface area contributed by atoms with Gasteiger partial charge in [-0.3, -0.25) is 4.79 Å². The van der Waals surface area contributed by atoms with Crippen molar-refractivity contribution >= 4 is 5.91 Å². The fraction of sp³-hybridized carbons (Fsp3) is 0.500. The number of hydrogen-bond acceptors (Lipinski definition) is 2. The van der Waals surface area contributed by atoms with Gasteiger partial charge in [0.15, 0.2) is 0 Å². The van der Waals surface area contributed by atoms with Crippen LogP contribution in [-0.4, -0.2) is 23.4 Å². The maximum atomic E-state index is 12.2. The lowest BCUT2D eigenvalue weighted by Crippen LogP contribution is -2.34. The van der Waals surface area contributed by atoms with Gasteiger partial charge < -0.3 is 4.90 Å². The van der Waals surface area contributed by atoms with Crippen molar-refractivity contribution in [2.75, 3.05) is 6.54 Å². The molecule has 1 aliphatic rings. The molecule has 0 bridgehead atoms. The summed E-state index contributed by atoms with van der Waals surface area (Å²) >= 11 is 0. The normalized spacial score (nSPS) is 13.9. The molecule has 2 rings (SSSR count). The Labute approximate surface area is 114 Å². The molecule has 0 radical (unpaired) electrons. The highest BCUT2D eigenvalue weighted by Gasteiger charge is 2.31. The largest absolute Gasteiger partial charge is 0.339 e. The molecule has 1 aromatic carbocycles. The molecule has 0 N–H and O–H groups in total. The molecule has 0 aromatic heterocycles. The van der Waals surface area contributed by atoms with Crippen molar-refractivity contribution in [3.63, 3.8) is 0 Å². The number of nitrogens with zero attached hydrogens (tertiary/aromatic N) is 2. The van der Waals surface area contributed by atoms with Crippen LogP contribution in [0.15, 0.2) is 24.3 Å². The van der Waals surface area contributed by atoms with E-state index in [0.29, 0.717) is 25.4 Å². The first-order valence-corrected chi connectivity index (χ1v) is 6.92. The Hall–Kier alpha value is -1.82. The van der Waals surface area contributed by atoms with Crippen LogP contribution in [0.1, 0.15) is 36.8 Å². The minimum atomic E-state index is 0.193. The van der Waals surface area contributed by atoms with Crippen molar-refractivity contribution in [3.05, 3.63) is 35.4 Å². The highest BCUT2D eigenvalue weighted by molar-refractivity contribution is 5.77. The summed E-state index contributed by atoms with van der Waals surface area (Å²) in [6.07, 6.45) is 3.97. The van der Waals surface area contributed by atoms with Gasteiger partial charge in [0, 0.05) is 19.0 Å². The van der Waals surface area contributed by atoms with Crippen molar-refractivity contribution in [2.45, 2.75) is 45.1 Å². The molecule has 1 aromatic rings. The molecule has 0 heterocycles. The predicted octanol–water partition coefficient (Wildman–Crippen LogP) is 2.83. The third kappa shape index (κ3) is 4.10. The van der Waals surface area contributed by atoms with Gasteiger partial charge in [-0.2, -0.15) is 5.26 Å². The van der Waals surface area contributed by atoms with E-state index >= 15 is 0 Å². The predicted molar refractivity (Wildman–Crippen MR) is 74.5 cm³/mol. The van der Waals surface area contributed by atoms with E-state index in [-0.39, 0.29) is 5.91 Å². The van der Waals surface area contributed by atoms with Gasteiger partial charge in [0.1, 0.15) is 0 Å². The van der Waals surface area contributed by atoms with Gasteiger partial charge in [-0.25, -0.2) is 0 Å². The smallest absolute Gasteiger partial charge is 0.223 e. The molecular formula is C16H20N2O. The minimum absolute atomic E-state index is 0.193. The highest BCUT2D eigenvalue weighted by Crippen LogP contribution is 2.27. The van der Waals surface area contributed by atoms with E-state index in [9.17, 15) is 4.79 Å². The Balaban J connectivity index is 1.85. The van der Waals surface area contributed by atoms with E-state index < -0.39 is 0 Å². The number of carbonyl (C=O) groups is 1. The lowest BCUT2D eigenvalue weighted by atomic mass is 10.1. The fourth-order valence-electron chi connectivity index (χ4n) is 2.22. The second-order valence-electron chi connectivity index (χ2n) is 5.21. The van der Waals surface area contributed by atoms with Crippen LogP contribution < -0.4 is 0 Å². The Bertz CT molecular complexity index is 469. The number of carbonyl (C=O) groups excluding carboxylic acids is 1. The van der Waals surface area contributed by atoms with E-state index in [0.717, 1.165) is 19.3 Å². The lowest BCUT2D eigenvalue weighted by molar-refractivity contribution is -0.131. The number of amides is 1. The summed E-state index contributed by atoms with van der Waals surface area (Å²) in [6.45, 7) is 2.65. The quantitative estimate of drug-likeness (QED) is 0.785. The van der Waals surface area contributed by atoms with Crippen molar-refractivity contribution in [1.82, 2.24) is 4.90 Å². The first-order chi connectivity index (χ1) is 9.20. The maximum Gasteiger partial charge on any atom is 0.223 e. The number of nitriles is 1.